The first-order valence-corrected chi connectivity index (χ1v) is 15.4. The van der Waals surface area contributed by atoms with Gasteiger partial charge in [-0.15, -0.1) is 0 Å². The number of nitrogens with one attached hydrogen (secondary N) is 3. The number of benzene rings is 3. The monoisotopic (exact) mass is 617 g/mol. The second-order valence-corrected chi connectivity index (χ2v) is 11.5. The Bertz CT molecular complexity index is 1520. The Morgan fingerprint density at radius 3 is 2.45 bits per heavy atom. The predicted octanol–water partition coefficient (Wildman–Crippen LogP) is 4.59. The number of aliphatic hydroxyl groups excluding tert-OH is 1. The number of amides is 2. The van der Waals surface area contributed by atoms with E-state index in [9.17, 15) is 14.7 Å². The molecule has 0 unspecified atom stereocenters. The standard InChI is InChI=1S/C32H35N5O6S/c38-18-21-10-12-23(13-11-21)28-16-27(19-44-32-34-20-35-36-32)42-31(43-28)26-7-2-6-25(15-26)24-5-1-4-22(14-24)17-33-29(39)8-3-9-30(40)37-41/h1-2,4-7,10-15,20,27-28,31,38,41H,3,8-9,16-19H2,(H,33,39)(H,37,40)(H,34,35,36)/t27-,28+,31+/m0/s1. The Balaban J connectivity index is 1.28. The van der Waals surface area contributed by atoms with Crippen LogP contribution in [0, 0.1) is 0 Å². The number of thioether (sulfide) groups is 1. The van der Waals surface area contributed by atoms with Crippen LogP contribution >= 0.6 is 11.8 Å². The zero-order valence-electron chi connectivity index (χ0n) is 24.0. The second-order valence-electron chi connectivity index (χ2n) is 10.4. The highest BCUT2D eigenvalue weighted by atomic mass is 32.2. The van der Waals surface area contributed by atoms with E-state index >= 15 is 0 Å². The summed E-state index contributed by atoms with van der Waals surface area (Å²) in [5.74, 6) is -0.00123. The average Bonchev–Trinajstić information content (AvgIpc) is 3.60. The molecule has 0 aliphatic carbocycles. The van der Waals surface area contributed by atoms with Gasteiger partial charge in [-0.2, -0.15) is 5.10 Å². The Morgan fingerprint density at radius 1 is 0.932 bits per heavy atom. The molecule has 0 radical (unpaired) electrons. The van der Waals surface area contributed by atoms with Crippen LogP contribution in [-0.2, 0) is 32.2 Å². The van der Waals surface area contributed by atoms with Crippen molar-refractivity contribution >= 4 is 23.6 Å². The summed E-state index contributed by atoms with van der Waals surface area (Å²) in [5.41, 5.74) is 7.24. The van der Waals surface area contributed by atoms with Gasteiger partial charge in [-0.05, 0) is 46.4 Å². The molecule has 1 aliphatic rings. The van der Waals surface area contributed by atoms with Crippen molar-refractivity contribution in [2.75, 3.05) is 5.75 Å². The number of aromatic nitrogens is 3. The minimum atomic E-state index is -0.595. The van der Waals surface area contributed by atoms with Crippen molar-refractivity contribution in [2.45, 2.75) is 62.5 Å². The number of aliphatic hydroxyl groups is 1. The van der Waals surface area contributed by atoms with Crippen molar-refractivity contribution in [3.8, 4) is 11.1 Å². The minimum absolute atomic E-state index is 0.0140. The predicted molar refractivity (Wildman–Crippen MR) is 163 cm³/mol. The maximum absolute atomic E-state index is 12.2. The molecule has 230 valence electrons. The number of rotatable bonds is 13. The highest BCUT2D eigenvalue weighted by Gasteiger charge is 2.32. The first-order valence-electron chi connectivity index (χ1n) is 14.4. The molecule has 1 fully saturated rings. The van der Waals surface area contributed by atoms with Crippen LogP contribution in [0.3, 0.4) is 0 Å². The van der Waals surface area contributed by atoms with E-state index < -0.39 is 12.2 Å². The molecule has 1 aliphatic heterocycles. The molecule has 44 heavy (non-hydrogen) atoms. The highest BCUT2D eigenvalue weighted by Crippen LogP contribution is 2.40. The van der Waals surface area contributed by atoms with Crippen molar-refractivity contribution < 1.29 is 29.4 Å². The molecule has 11 nitrogen and oxygen atoms in total. The van der Waals surface area contributed by atoms with Gasteiger partial charge in [0, 0.05) is 37.1 Å². The van der Waals surface area contributed by atoms with Crippen molar-refractivity contribution in [3.63, 3.8) is 0 Å². The molecular weight excluding hydrogens is 582 g/mol. The molecule has 5 rings (SSSR count). The Labute approximate surface area is 259 Å². The fourth-order valence-corrected chi connectivity index (χ4v) is 5.74. The largest absolute Gasteiger partial charge is 0.392 e. The molecule has 12 heteroatoms. The summed E-state index contributed by atoms with van der Waals surface area (Å²) in [6, 6.07) is 23.8. The van der Waals surface area contributed by atoms with Crippen LogP contribution in [0.15, 0.2) is 84.3 Å². The van der Waals surface area contributed by atoms with Gasteiger partial charge in [0.15, 0.2) is 11.4 Å². The zero-order valence-corrected chi connectivity index (χ0v) is 24.8. The van der Waals surface area contributed by atoms with Crippen LogP contribution in [0.25, 0.3) is 11.1 Å². The maximum atomic E-state index is 12.2. The number of hydroxylamine groups is 1. The van der Waals surface area contributed by atoms with Crippen molar-refractivity contribution in [1.29, 1.82) is 0 Å². The molecule has 1 saturated heterocycles. The van der Waals surface area contributed by atoms with Gasteiger partial charge in [0.05, 0.1) is 18.8 Å². The number of hydrogen-bond donors (Lipinski definition) is 5. The van der Waals surface area contributed by atoms with Gasteiger partial charge in [0.25, 0.3) is 0 Å². The van der Waals surface area contributed by atoms with Gasteiger partial charge in [0.2, 0.25) is 11.8 Å². The number of hydrogen-bond acceptors (Lipinski definition) is 9. The van der Waals surface area contributed by atoms with Crippen molar-refractivity contribution in [2.24, 2.45) is 0 Å². The molecule has 0 bridgehead atoms. The van der Waals surface area contributed by atoms with E-state index in [1.165, 1.54) is 6.33 Å². The summed E-state index contributed by atoms with van der Waals surface area (Å²) >= 11 is 1.55. The van der Waals surface area contributed by atoms with E-state index in [1.807, 2.05) is 66.7 Å². The van der Waals surface area contributed by atoms with Crippen LogP contribution < -0.4 is 10.8 Å². The van der Waals surface area contributed by atoms with Crippen molar-refractivity contribution in [1.82, 2.24) is 26.0 Å². The molecular formula is C32H35N5O6S. The lowest BCUT2D eigenvalue weighted by Gasteiger charge is -2.36. The zero-order chi connectivity index (χ0) is 30.7. The maximum Gasteiger partial charge on any atom is 0.243 e. The van der Waals surface area contributed by atoms with Crippen molar-refractivity contribution in [3.05, 3.63) is 101 Å². The van der Waals surface area contributed by atoms with Gasteiger partial charge in [-0.3, -0.25) is 19.9 Å². The summed E-state index contributed by atoms with van der Waals surface area (Å²) in [6.07, 6.45) is 1.88. The summed E-state index contributed by atoms with van der Waals surface area (Å²) < 4.78 is 13.0. The third-order valence-electron chi connectivity index (χ3n) is 7.25. The Hall–Kier alpha value is -4.07. The normalized spacial score (nSPS) is 18.1. The quantitative estimate of drug-likeness (QED) is 0.0822. The lowest BCUT2D eigenvalue weighted by molar-refractivity contribution is -0.245. The molecule has 0 spiro atoms. The summed E-state index contributed by atoms with van der Waals surface area (Å²) in [5, 5.41) is 28.5. The molecule has 3 atom stereocenters. The third kappa shape index (κ3) is 8.74. The first-order chi connectivity index (χ1) is 21.5. The van der Waals surface area contributed by atoms with E-state index in [-0.39, 0.29) is 37.6 Å². The van der Waals surface area contributed by atoms with Gasteiger partial charge in [0.1, 0.15) is 6.33 Å². The number of ether oxygens (including phenoxy) is 2. The summed E-state index contributed by atoms with van der Waals surface area (Å²) in [4.78, 5) is 27.6. The van der Waals surface area contributed by atoms with Crippen LogP contribution in [0.4, 0.5) is 0 Å². The Kier molecular flexibility index (Phi) is 11.1. The smallest absolute Gasteiger partial charge is 0.243 e. The van der Waals surface area contributed by atoms with E-state index in [0.717, 1.165) is 38.5 Å². The van der Waals surface area contributed by atoms with Gasteiger partial charge < -0.3 is 19.9 Å². The number of carbonyl (C=O) groups is 2. The van der Waals surface area contributed by atoms with Crippen LogP contribution in [0.2, 0.25) is 0 Å². The van der Waals surface area contributed by atoms with Gasteiger partial charge in [-0.25, -0.2) is 10.5 Å². The van der Waals surface area contributed by atoms with Crippen LogP contribution in [0.5, 0.6) is 0 Å². The summed E-state index contributed by atoms with van der Waals surface area (Å²) in [6.45, 7) is 0.342. The average molecular weight is 618 g/mol. The minimum Gasteiger partial charge on any atom is -0.392 e. The molecule has 2 amide bonds. The van der Waals surface area contributed by atoms with Gasteiger partial charge in [-0.1, -0.05) is 72.4 Å². The number of aromatic amines is 1. The second kappa shape index (κ2) is 15.6. The molecule has 1 aromatic heterocycles. The third-order valence-corrected chi connectivity index (χ3v) is 8.26. The number of H-pyrrole nitrogens is 1. The molecule has 2 heterocycles. The number of carbonyl (C=O) groups excluding carboxylic acids is 2. The SMILES string of the molecule is O=C(CCCC(=O)NCc1cccc(-c2cccc([C@@H]3O[C@H](CSc4ncn[nH]4)C[C@H](c4ccc(CO)cc4)O3)c2)c1)NO. The van der Waals surface area contributed by atoms with Crippen LogP contribution in [-0.4, -0.2) is 49.2 Å². The molecule has 4 aromatic rings. The van der Waals surface area contributed by atoms with E-state index in [1.54, 1.807) is 17.2 Å². The first kappa shape index (κ1) is 31.4. The highest BCUT2D eigenvalue weighted by molar-refractivity contribution is 7.99. The topological polar surface area (TPSA) is 159 Å². The number of nitrogens with zero attached hydrogens (tertiary/aromatic N) is 2. The fraction of sp³-hybridized carbons (Fsp3) is 0.312. The molecule has 3 aromatic carbocycles. The van der Waals surface area contributed by atoms with Gasteiger partial charge >= 0.3 is 0 Å². The lowest BCUT2D eigenvalue weighted by atomic mass is 9.99. The van der Waals surface area contributed by atoms with Crippen LogP contribution in [0.1, 0.15) is 60.3 Å². The van der Waals surface area contributed by atoms with E-state index in [0.29, 0.717) is 25.1 Å². The molecule has 0 saturated carbocycles. The van der Waals surface area contributed by atoms with E-state index in [4.69, 9.17) is 14.7 Å². The van der Waals surface area contributed by atoms with E-state index in [2.05, 4.69) is 26.6 Å². The Morgan fingerprint density at radius 2 is 1.70 bits per heavy atom. The fourth-order valence-electron chi connectivity index (χ4n) is 4.94. The lowest BCUT2D eigenvalue weighted by Crippen LogP contribution is -2.31. The summed E-state index contributed by atoms with van der Waals surface area (Å²) in [7, 11) is 0. The molecule has 5 N–H and O–H groups in total.